The Hall–Kier alpha value is -6.26. The first-order chi connectivity index (χ1) is 22.8. The van der Waals surface area contributed by atoms with Crippen molar-refractivity contribution in [2.75, 3.05) is 0 Å². The monoisotopic (exact) mass is 586 g/mol. The molecular formula is C42H26N4. The highest BCUT2D eigenvalue weighted by Crippen LogP contribution is 2.43. The lowest BCUT2D eigenvalue weighted by atomic mass is 9.86. The fourth-order valence-corrected chi connectivity index (χ4v) is 6.74. The van der Waals surface area contributed by atoms with Crippen molar-refractivity contribution in [3.05, 3.63) is 159 Å². The van der Waals surface area contributed by atoms with Crippen LogP contribution in [-0.2, 0) is 0 Å². The molecule has 3 aromatic heterocycles. The van der Waals surface area contributed by atoms with Gasteiger partial charge in [0.2, 0.25) is 0 Å². The highest BCUT2D eigenvalue weighted by atomic mass is 14.8. The summed E-state index contributed by atoms with van der Waals surface area (Å²) in [5, 5.41) is 7.54. The molecular weight excluding hydrogens is 560 g/mol. The molecule has 4 heteroatoms. The normalized spacial score (nSPS) is 11.5. The van der Waals surface area contributed by atoms with E-state index in [1.807, 2.05) is 49.1 Å². The number of nitrogens with zero attached hydrogens (tertiary/aromatic N) is 4. The molecule has 0 spiro atoms. The minimum absolute atomic E-state index is 0.940. The van der Waals surface area contributed by atoms with Gasteiger partial charge in [-0.05, 0) is 103 Å². The predicted molar refractivity (Wildman–Crippen MR) is 189 cm³/mol. The predicted octanol–water partition coefficient (Wildman–Crippen LogP) is 10.5. The summed E-state index contributed by atoms with van der Waals surface area (Å²) in [5.41, 5.74) is 10.9. The van der Waals surface area contributed by atoms with Crippen molar-refractivity contribution in [3.63, 3.8) is 0 Å². The lowest BCUT2D eigenvalue weighted by Gasteiger charge is -2.17. The third-order valence-electron chi connectivity index (χ3n) is 8.92. The van der Waals surface area contributed by atoms with E-state index in [1.54, 1.807) is 6.33 Å². The average molecular weight is 587 g/mol. The smallest absolute Gasteiger partial charge is 0.115 e. The Labute approximate surface area is 266 Å². The van der Waals surface area contributed by atoms with Crippen molar-refractivity contribution in [3.8, 4) is 55.9 Å². The standard InChI is InChI=1S/C42H26N4/c1-3-19-45-39(5-1)32-21-31(22-33(23-32)40-6-2-4-20-46-40)36-16-14-30-12-11-29-13-15-35(37-17-18-38(36)42(30)41(29)37)28-9-7-27(8-10-28)34-24-43-26-44-25-34/h1-26H. The summed E-state index contributed by atoms with van der Waals surface area (Å²) in [5.74, 6) is 0. The maximum atomic E-state index is 4.68. The summed E-state index contributed by atoms with van der Waals surface area (Å²) in [6.07, 6.45) is 8.95. The molecule has 46 heavy (non-hydrogen) atoms. The molecule has 6 aromatic carbocycles. The summed E-state index contributed by atoms with van der Waals surface area (Å²) >= 11 is 0. The first-order valence-electron chi connectivity index (χ1n) is 15.3. The minimum Gasteiger partial charge on any atom is -0.256 e. The van der Waals surface area contributed by atoms with Crippen LogP contribution in [0.1, 0.15) is 0 Å². The van der Waals surface area contributed by atoms with Gasteiger partial charge in [-0.3, -0.25) is 9.97 Å². The zero-order valence-electron chi connectivity index (χ0n) is 24.8. The number of hydrogen-bond acceptors (Lipinski definition) is 4. The molecule has 9 aromatic rings. The maximum absolute atomic E-state index is 4.68. The van der Waals surface area contributed by atoms with Crippen LogP contribution in [0.5, 0.6) is 0 Å². The second-order valence-corrected chi connectivity index (χ2v) is 11.6. The number of rotatable bonds is 5. The largest absolute Gasteiger partial charge is 0.256 e. The first-order valence-corrected chi connectivity index (χ1v) is 15.3. The number of benzene rings is 6. The third kappa shape index (κ3) is 4.39. The molecule has 0 amide bonds. The number of aromatic nitrogens is 4. The van der Waals surface area contributed by atoms with Gasteiger partial charge in [-0.2, -0.15) is 0 Å². The van der Waals surface area contributed by atoms with E-state index >= 15 is 0 Å². The van der Waals surface area contributed by atoms with E-state index in [2.05, 4.69) is 123 Å². The average Bonchev–Trinajstić information content (AvgIpc) is 3.14. The highest BCUT2D eigenvalue weighted by Gasteiger charge is 2.16. The van der Waals surface area contributed by atoms with Gasteiger partial charge in [0.1, 0.15) is 6.33 Å². The van der Waals surface area contributed by atoms with Crippen LogP contribution < -0.4 is 0 Å². The van der Waals surface area contributed by atoms with Gasteiger partial charge in [-0.15, -0.1) is 0 Å². The Bertz CT molecular complexity index is 2430. The van der Waals surface area contributed by atoms with E-state index in [4.69, 9.17) is 0 Å². The van der Waals surface area contributed by atoms with Crippen LogP contribution >= 0.6 is 0 Å². The quantitative estimate of drug-likeness (QED) is 0.188. The Morgan fingerprint density at radius 2 is 0.870 bits per heavy atom. The highest BCUT2D eigenvalue weighted by molar-refractivity contribution is 6.27. The molecule has 4 nitrogen and oxygen atoms in total. The fourth-order valence-electron chi connectivity index (χ4n) is 6.74. The van der Waals surface area contributed by atoms with Crippen molar-refractivity contribution in [2.24, 2.45) is 0 Å². The third-order valence-corrected chi connectivity index (χ3v) is 8.92. The molecule has 214 valence electrons. The van der Waals surface area contributed by atoms with E-state index in [0.717, 1.165) is 39.2 Å². The Morgan fingerprint density at radius 1 is 0.370 bits per heavy atom. The molecule has 0 aliphatic rings. The van der Waals surface area contributed by atoms with Crippen molar-refractivity contribution < 1.29 is 0 Å². The van der Waals surface area contributed by atoms with Crippen LogP contribution in [0.3, 0.4) is 0 Å². The van der Waals surface area contributed by atoms with E-state index in [1.165, 1.54) is 49.0 Å². The second kappa shape index (κ2) is 10.7. The molecule has 0 fully saturated rings. The van der Waals surface area contributed by atoms with Gasteiger partial charge in [-0.1, -0.05) is 84.9 Å². The van der Waals surface area contributed by atoms with Crippen LogP contribution in [0, 0.1) is 0 Å². The van der Waals surface area contributed by atoms with Gasteiger partial charge < -0.3 is 0 Å². The van der Waals surface area contributed by atoms with Crippen LogP contribution in [0.15, 0.2) is 159 Å². The van der Waals surface area contributed by atoms with Crippen molar-refractivity contribution in [1.82, 2.24) is 19.9 Å². The van der Waals surface area contributed by atoms with Gasteiger partial charge in [0.05, 0.1) is 11.4 Å². The van der Waals surface area contributed by atoms with Gasteiger partial charge in [0.25, 0.3) is 0 Å². The molecule has 0 saturated heterocycles. The number of hydrogen-bond donors (Lipinski definition) is 0. The van der Waals surface area contributed by atoms with Crippen LogP contribution in [0.2, 0.25) is 0 Å². The molecule has 3 heterocycles. The van der Waals surface area contributed by atoms with E-state index < -0.39 is 0 Å². The second-order valence-electron chi connectivity index (χ2n) is 11.6. The minimum atomic E-state index is 0.940. The molecule has 0 bridgehead atoms. The van der Waals surface area contributed by atoms with Gasteiger partial charge in [0.15, 0.2) is 0 Å². The zero-order valence-corrected chi connectivity index (χ0v) is 24.8. The molecule has 9 rings (SSSR count). The lowest BCUT2D eigenvalue weighted by Crippen LogP contribution is -1.92. The maximum Gasteiger partial charge on any atom is 0.115 e. The zero-order chi connectivity index (χ0) is 30.5. The Morgan fingerprint density at radius 3 is 1.41 bits per heavy atom. The first kappa shape index (κ1) is 26.2. The van der Waals surface area contributed by atoms with Crippen molar-refractivity contribution in [2.45, 2.75) is 0 Å². The fraction of sp³-hybridized carbons (Fsp3) is 0. The topological polar surface area (TPSA) is 51.6 Å². The summed E-state index contributed by atoms with van der Waals surface area (Å²) < 4.78 is 0. The van der Waals surface area contributed by atoms with Crippen LogP contribution in [-0.4, -0.2) is 19.9 Å². The molecule has 0 aliphatic carbocycles. The van der Waals surface area contributed by atoms with E-state index in [0.29, 0.717) is 0 Å². The summed E-state index contributed by atoms with van der Waals surface area (Å²) in [6.45, 7) is 0. The van der Waals surface area contributed by atoms with Gasteiger partial charge >= 0.3 is 0 Å². The van der Waals surface area contributed by atoms with E-state index in [-0.39, 0.29) is 0 Å². The van der Waals surface area contributed by atoms with Crippen LogP contribution in [0.25, 0.3) is 88.2 Å². The number of pyridine rings is 2. The summed E-state index contributed by atoms with van der Waals surface area (Å²) in [4.78, 5) is 17.7. The van der Waals surface area contributed by atoms with Crippen LogP contribution in [0.4, 0.5) is 0 Å². The molecule has 0 aliphatic heterocycles. The molecule has 0 unspecified atom stereocenters. The molecule has 0 radical (unpaired) electrons. The molecule has 0 atom stereocenters. The Balaban J connectivity index is 1.24. The van der Waals surface area contributed by atoms with Gasteiger partial charge in [-0.25, -0.2) is 9.97 Å². The Kier molecular flexibility index (Phi) is 6.10. The molecule has 0 N–H and O–H groups in total. The summed E-state index contributed by atoms with van der Waals surface area (Å²) in [6, 6.07) is 45.6. The SMILES string of the molecule is c1ccc(-c2cc(-c3ccccn3)cc(-c3ccc4ccc5ccc(-c6ccc(-c7cncnc7)cc6)c6ccc3c4c56)c2)nc1. The van der Waals surface area contributed by atoms with E-state index in [9.17, 15) is 0 Å². The lowest BCUT2D eigenvalue weighted by molar-refractivity contribution is 1.17. The van der Waals surface area contributed by atoms with Crippen molar-refractivity contribution in [1.29, 1.82) is 0 Å². The molecule has 0 saturated carbocycles. The van der Waals surface area contributed by atoms with Gasteiger partial charge in [0, 0.05) is 41.5 Å². The summed E-state index contributed by atoms with van der Waals surface area (Å²) in [7, 11) is 0. The van der Waals surface area contributed by atoms with Crippen molar-refractivity contribution >= 4 is 32.3 Å².